The van der Waals surface area contributed by atoms with Crippen molar-refractivity contribution in [1.82, 2.24) is 0 Å². The summed E-state index contributed by atoms with van der Waals surface area (Å²) in [6, 6.07) is 14.4. The molecule has 174 valence electrons. The van der Waals surface area contributed by atoms with Crippen molar-refractivity contribution >= 4 is 26.8 Å². The first-order valence-electron chi connectivity index (χ1n) is 8.84. The van der Waals surface area contributed by atoms with E-state index in [4.69, 9.17) is 0 Å². The monoisotopic (exact) mass is 610 g/mol. The van der Waals surface area contributed by atoms with Crippen LogP contribution < -0.4 is 168 Å². The second-order valence-electron chi connectivity index (χ2n) is 6.58. The molecule has 0 saturated carbocycles. The van der Waals surface area contributed by atoms with Crippen molar-refractivity contribution in [3.63, 3.8) is 0 Å². The normalized spacial score (nSPS) is 11.2. The van der Waals surface area contributed by atoms with Crippen LogP contribution in [0.4, 0.5) is 0 Å². The van der Waals surface area contributed by atoms with Crippen LogP contribution in [0.1, 0.15) is 27.0 Å². The minimum Gasteiger partial charge on any atom is -0.716 e. The fourth-order valence-corrected chi connectivity index (χ4v) is 3.89. The largest absolute Gasteiger partial charge is 1.00 e. The molecule has 3 aromatic carbocycles. The Balaban J connectivity index is 0.00000408. The number of rotatable bonds is 8. The van der Waals surface area contributed by atoms with Crippen LogP contribution in [0, 0.1) is 0 Å². The first kappa shape index (κ1) is 37.4. The minimum absolute atomic E-state index is 0. The molecule has 0 radical (unpaired) electrons. The summed E-state index contributed by atoms with van der Waals surface area (Å²) in [5, 5.41) is 23.5. The number of hydrogen-bond acceptors (Lipinski definition) is 11. The number of aromatic carboxylic acids is 1. The van der Waals surface area contributed by atoms with Crippen molar-refractivity contribution in [3.8, 4) is 11.5 Å². The van der Waals surface area contributed by atoms with Gasteiger partial charge in [0.2, 0.25) is 0 Å². The molecular weight excluding hydrogens is 598 g/mol. The van der Waals surface area contributed by atoms with E-state index in [2.05, 4.69) is 8.37 Å². The Morgan fingerprint density at radius 2 is 1.06 bits per heavy atom. The summed E-state index contributed by atoms with van der Waals surface area (Å²) in [7, 11) is -10.1. The quantitative estimate of drug-likeness (QED) is 0.110. The van der Waals surface area contributed by atoms with E-state index in [1.54, 1.807) is 0 Å². The molecule has 1 N–H and O–H groups in total. The Morgan fingerprint density at radius 1 is 0.694 bits per heavy atom. The number of carboxylic acids is 1. The number of carbonyl (C=O) groups excluding carboxylic acids is 1. The van der Waals surface area contributed by atoms with E-state index in [9.17, 15) is 40.9 Å². The van der Waals surface area contributed by atoms with Gasteiger partial charge in [0.05, 0.1) is 5.97 Å². The molecule has 0 heterocycles. The van der Waals surface area contributed by atoms with Crippen molar-refractivity contribution < 1.29 is 203 Å². The van der Waals surface area contributed by atoms with E-state index in [-0.39, 0.29) is 188 Å². The van der Waals surface area contributed by atoms with Crippen molar-refractivity contribution in [3.05, 3.63) is 95.1 Å². The third kappa shape index (κ3) is 10.1. The van der Waals surface area contributed by atoms with Gasteiger partial charge in [-0.1, -0.05) is 48.5 Å². The maximum absolute atomic E-state index is 11.8. The first-order valence-corrected chi connectivity index (χ1v) is 11.5. The predicted molar refractivity (Wildman–Crippen MR) is 106 cm³/mol. The van der Waals surface area contributed by atoms with E-state index in [0.717, 1.165) is 24.3 Å². The molecule has 16 heteroatoms. The van der Waals surface area contributed by atoms with Gasteiger partial charge >= 0.3 is 154 Å². The van der Waals surface area contributed by atoms with Crippen molar-refractivity contribution in [2.75, 3.05) is 0 Å². The molecule has 0 fully saturated rings. The number of aliphatic hydroxyl groups is 1. The van der Waals surface area contributed by atoms with Crippen LogP contribution in [0.5, 0.6) is 11.5 Å². The Hall–Kier alpha value is 1.42. The van der Waals surface area contributed by atoms with Gasteiger partial charge in [-0.2, -0.15) is 0 Å². The average molecular weight is 611 g/mol. The second-order valence-corrected chi connectivity index (χ2v) is 8.54. The SMILES string of the molecule is O=C([O-])c1ccccc1C(O)(c1ccc(OS(=O)(=O)[O-])cc1)c1ccc(OS(=O)(=O)[O-])cc1.[K+].[K+].[K+]. The first-order chi connectivity index (χ1) is 15.3. The van der Waals surface area contributed by atoms with E-state index in [1.165, 1.54) is 48.5 Å². The number of carboxylic acid groups (broad SMARTS) is 1. The van der Waals surface area contributed by atoms with Gasteiger partial charge < -0.3 is 32.5 Å². The number of carbonyl (C=O) groups is 1. The van der Waals surface area contributed by atoms with Crippen LogP contribution in [0.3, 0.4) is 0 Å². The Bertz CT molecular complexity index is 1320. The Morgan fingerprint density at radius 3 is 1.39 bits per heavy atom. The topological polar surface area (TPSA) is 193 Å². The summed E-state index contributed by atoms with van der Waals surface area (Å²) in [5.74, 6) is -2.30. The van der Waals surface area contributed by atoms with Crippen LogP contribution in [-0.2, 0) is 26.4 Å². The van der Waals surface area contributed by atoms with Crippen molar-refractivity contribution in [2.24, 2.45) is 0 Å². The summed E-state index contributed by atoms with van der Waals surface area (Å²) < 4.78 is 73.3. The van der Waals surface area contributed by atoms with Gasteiger partial charge in [-0.05, 0) is 35.4 Å². The van der Waals surface area contributed by atoms with Crippen LogP contribution in [0.25, 0.3) is 0 Å². The third-order valence-electron chi connectivity index (χ3n) is 4.48. The summed E-state index contributed by atoms with van der Waals surface area (Å²) >= 11 is 0. The third-order valence-corrected chi connectivity index (χ3v) is 5.27. The van der Waals surface area contributed by atoms with E-state index < -0.39 is 32.4 Å². The number of hydrogen-bond donors (Lipinski definition) is 1. The van der Waals surface area contributed by atoms with Gasteiger partial charge in [0.1, 0.15) is 17.1 Å². The molecule has 0 saturated heterocycles. The van der Waals surface area contributed by atoms with Gasteiger partial charge in [0.15, 0.2) is 0 Å². The predicted octanol–water partition coefficient (Wildman–Crippen LogP) is -8.98. The Labute approximate surface area is 335 Å². The van der Waals surface area contributed by atoms with E-state index in [0.29, 0.717) is 0 Å². The molecule has 0 spiro atoms. The molecule has 0 aromatic heterocycles. The molecule has 0 aliphatic rings. The minimum atomic E-state index is -5.05. The van der Waals surface area contributed by atoms with Crippen molar-refractivity contribution in [2.45, 2.75) is 5.60 Å². The van der Waals surface area contributed by atoms with Gasteiger partial charge in [-0.25, -0.2) is 16.8 Å². The molecule has 11 nitrogen and oxygen atoms in total. The summed E-state index contributed by atoms with van der Waals surface area (Å²) in [6.45, 7) is 0. The molecule has 0 amide bonds. The van der Waals surface area contributed by atoms with Crippen LogP contribution >= 0.6 is 0 Å². The summed E-state index contributed by atoms with van der Waals surface area (Å²) in [4.78, 5) is 11.7. The van der Waals surface area contributed by atoms with Gasteiger partial charge in [0.25, 0.3) is 20.8 Å². The van der Waals surface area contributed by atoms with E-state index >= 15 is 0 Å². The van der Waals surface area contributed by atoms with Crippen molar-refractivity contribution in [1.29, 1.82) is 0 Å². The number of benzene rings is 3. The molecule has 3 rings (SSSR count). The molecule has 0 atom stereocenters. The maximum Gasteiger partial charge on any atom is 1.00 e. The Kier molecular flexibility index (Phi) is 16.0. The zero-order chi connectivity index (χ0) is 24.4. The van der Waals surface area contributed by atoms with Crippen LogP contribution in [0.2, 0.25) is 0 Å². The molecule has 0 bridgehead atoms. The maximum atomic E-state index is 11.8. The average Bonchev–Trinajstić information content (AvgIpc) is 2.72. The molecule has 36 heavy (non-hydrogen) atoms. The van der Waals surface area contributed by atoms with Gasteiger partial charge in [-0.15, -0.1) is 0 Å². The summed E-state index contributed by atoms with van der Waals surface area (Å²) in [6.07, 6.45) is 0. The fourth-order valence-electron chi connectivity index (χ4n) is 3.19. The van der Waals surface area contributed by atoms with Crippen LogP contribution in [-0.4, -0.2) is 37.0 Å². The van der Waals surface area contributed by atoms with E-state index in [1.807, 2.05) is 0 Å². The standard InChI is InChI=1S/C20H16O11S2.3K/c21-19(22)17-3-1-2-4-18(17)20(23,13-5-9-15(10-6-13)30-32(24,25)26)14-7-11-16(12-8-14)31-33(27,28)29;;;/h1-12,23H,(H,21,22)(H,24,25,26)(H,27,28,29);;;/q;3*+1/p-3. The zero-order valence-corrected chi connectivity index (χ0v) is 30.3. The smallest absolute Gasteiger partial charge is 0.716 e. The molecule has 0 unspecified atom stereocenters. The molecule has 0 aliphatic carbocycles. The molecule has 3 aromatic rings. The van der Waals surface area contributed by atoms with Gasteiger partial charge in [-0.3, -0.25) is 0 Å². The summed E-state index contributed by atoms with van der Waals surface area (Å²) in [5.41, 5.74) is -2.65. The second kappa shape index (κ2) is 15.4. The van der Waals surface area contributed by atoms with Crippen LogP contribution in [0.15, 0.2) is 72.8 Å². The molecule has 0 aliphatic heterocycles. The van der Waals surface area contributed by atoms with Gasteiger partial charge in [0, 0.05) is 11.1 Å². The molecular formula is C20H13K3O11S2. The fraction of sp³-hybridized carbons (Fsp3) is 0.0500. The zero-order valence-electron chi connectivity index (χ0n) is 19.3.